The molecule has 0 aliphatic heterocycles. The number of nitrogens with zero attached hydrogens (tertiary/aromatic N) is 4. The number of amides is 2. The fraction of sp³-hybridized carbons (Fsp3) is 0.471. The Bertz CT molecular complexity index is 1080. The van der Waals surface area contributed by atoms with E-state index in [1.807, 2.05) is 13.8 Å². The lowest BCUT2D eigenvalue weighted by Crippen LogP contribution is -2.21. The van der Waals surface area contributed by atoms with Gasteiger partial charge in [-0.15, -0.1) is 4.36 Å². The number of aryl methyl sites for hydroxylation is 1. The fourth-order valence-corrected chi connectivity index (χ4v) is 4.05. The Kier molecular flexibility index (Phi) is 5.43. The normalized spacial score (nSPS) is 15.9. The highest BCUT2D eigenvalue weighted by molar-refractivity contribution is 7.91. The molecule has 1 aliphatic carbocycles. The van der Waals surface area contributed by atoms with Gasteiger partial charge >= 0.3 is 12.2 Å². The summed E-state index contributed by atoms with van der Waals surface area (Å²) in [5.41, 5.74) is -0.447. The molecule has 1 aliphatic rings. The van der Waals surface area contributed by atoms with Crippen LogP contribution in [-0.2, 0) is 28.9 Å². The molecule has 0 saturated heterocycles. The summed E-state index contributed by atoms with van der Waals surface area (Å²) in [5.74, 6) is 0. The van der Waals surface area contributed by atoms with E-state index < -0.39 is 27.8 Å². The van der Waals surface area contributed by atoms with E-state index in [-0.39, 0.29) is 22.3 Å². The summed E-state index contributed by atoms with van der Waals surface area (Å²) >= 11 is 0. The molecule has 2 aromatic rings. The van der Waals surface area contributed by atoms with E-state index in [2.05, 4.69) is 19.8 Å². The summed E-state index contributed by atoms with van der Waals surface area (Å²) in [4.78, 5) is 16.1. The Balaban J connectivity index is 1.97. The van der Waals surface area contributed by atoms with Gasteiger partial charge in [0.25, 0.3) is 0 Å². The monoisotopic (exact) mass is 430 g/mol. The molecule has 158 valence electrons. The third kappa shape index (κ3) is 4.27. The van der Waals surface area contributed by atoms with Gasteiger partial charge in [-0.1, -0.05) is 0 Å². The van der Waals surface area contributed by atoms with E-state index in [0.717, 1.165) is 0 Å². The van der Waals surface area contributed by atoms with Gasteiger partial charge < -0.3 is 5.32 Å². The third-order valence-electron chi connectivity index (χ3n) is 4.60. The maximum Gasteiger partial charge on any atom is 0.433 e. The molecule has 2 aromatic heterocycles. The molecule has 12 heteroatoms. The van der Waals surface area contributed by atoms with Crippen LogP contribution in [0.3, 0.4) is 0 Å². The Morgan fingerprint density at radius 1 is 1.38 bits per heavy atom. The lowest BCUT2D eigenvalue weighted by Gasteiger charge is -2.17. The largest absolute Gasteiger partial charge is 0.433 e. The number of carbonyl (C=O) groups excluding carboxylic acids is 1. The second-order valence-corrected chi connectivity index (χ2v) is 8.79. The van der Waals surface area contributed by atoms with Crippen LogP contribution in [0.4, 0.5) is 23.7 Å². The van der Waals surface area contributed by atoms with Gasteiger partial charge in [-0.3, -0.25) is 4.68 Å². The first-order valence-corrected chi connectivity index (χ1v) is 10.5. The van der Waals surface area contributed by atoms with Gasteiger partial charge in [0.15, 0.2) is 14.9 Å². The minimum atomic E-state index is -4.66. The Morgan fingerprint density at radius 3 is 2.66 bits per heavy atom. The van der Waals surface area contributed by atoms with Gasteiger partial charge in [-0.2, -0.15) is 18.3 Å². The van der Waals surface area contributed by atoms with Crippen molar-refractivity contribution in [2.75, 3.05) is 5.32 Å². The van der Waals surface area contributed by atoms with Crippen LogP contribution in [0.25, 0.3) is 0 Å². The molecule has 0 saturated carbocycles. The minimum Gasteiger partial charge on any atom is -0.305 e. The average molecular weight is 430 g/mol. The minimum absolute atomic E-state index is 0.00325. The number of urea groups is 1. The number of alkyl halides is 3. The van der Waals surface area contributed by atoms with E-state index in [1.54, 1.807) is 6.20 Å². The highest BCUT2D eigenvalue weighted by atomic mass is 32.2. The number of hydrogen-bond donors (Lipinski definition) is 2. The van der Waals surface area contributed by atoms with E-state index >= 15 is 0 Å². The average Bonchev–Trinajstić information content (AvgIpc) is 3.24. The highest BCUT2D eigenvalue weighted by Crippen LogP contribution is 2.38. The van der Waals surface area contributed by atoms with Crippen LogP contribution in [0.15, 0.2) is 21.7 Å². The molecule has 1 atom stereocenters. The molecule has 0 fully saturated rings. The quantitative estimate of drug-likeness (QED) is 0.774. The van der Waals surface area contributed by atoms with Crippen LogP contribution in [0.1, 0.15) is 48.8 Å². The maximum absolute atomic E-state index is 13.3. The molecule has 2 heterocycles. The first kappa shape index (κ1) is 21.2. The fourth-order valence-electron chi connectivity index (χ4n) is 3.19. The van der Waals surface area contributed by atoms with Crippen molar-refractivity contribution < 1.29 is 22.2 Å². The summed E-state index contributed by atoms with van der Waals surface area (Å²) < 4.78 is 57.6. The molecule has 0 aromatic carbocycles. The van der Waals surface area contributed by atoms with Crippen LogP contribution in [-0.4, -0.2) is 25.0 Å². The zero-order valence-electron chi connectivity index (χ0n) is 16.1. The number of carbonyl (C=O) groups is 1. The maximum atomic E-state index is 13.3. The van der Waals surface area contributed by atoms with Gasteiger partial charge in [0.05, 0.1) is 5.69 Å². The molecule has 0 spiro atoms. The number of hydrogen-bond acceptors (Lipinski definition) is 4. The first-order chi connectivity index (χ1) is 13.4. The lowest BCUT2D eigenvalue weighted by molar-refractivity contribution is -0.141. The van der Waals surface area contributed by atoms with Gasteiger partial charge in [-0.25, -0.2) is 19.1 Å². The zero-order chi connectivity index (χ0) is 21.6. The van der Waals surface area contributed by atoms with Crippen molar-refractivity contribution in [3.05, 3.63) is 34.8 Å². The highest BCUT2D eigenvalue weighted by Gasteiger charge is 2.37. The number of aromatic nitrogens is 3. The van der Waals surface area contributed by atoms with E-state index in [9.17, 15) is 22.2 Å². The predicted molar refractivity (Wildman–Crippen MR) is 101 cm³/mol. The predicted octanol–water partition coefficient (Wildman–Crippen LogP) is 3.61. The van der Waals surface area contributed by atoms with Crippen molar-refractivity contribution in [3.63, 3.8) is 0 Å². The molecule has 0 radical (unpaired) electrons. The Labute approximate surface area is 166 Å². The molecule has 8 nitrogen and oxygen atoms in total. The molecule has 0 bridgehead atoms. The molecular formula is C17H21F3N6O2S. The molecule has 3 rings (SSSR count). The number of halogens is 3. The molecule has 2 amide bonds. The standard InChI is InChI=1S/C17H21F3N6O2S/c1-9(2)26-8-7-13(24-26)29(21,28)25-16(27)23-14-10(3)15(17(18,19)20)22-12-6-4-5-11(12)14/h7-9H,4-6H2,1-3H3,(H3,21,22,23,25,27,28)/t29-/m1/s1. The van der Waals surface area contributed by atoms with Gasteiger partial charge in [0.2, 0.25) is 0 Å². The van der Waals surface area contributed by atoms with E-state index in [4.69, 9.17) is 5.14 Å². The molecule has 3 N–H and O–H groups in total. The van der Waals surface area contributed by atoms with Gasteiger partial charge in [-0.05, 0) is 51.7 Å². The summed E-state index contributed by atoms with van der Waals surface area (Å²) in [5, 5.41) is 12.0. The zero-order valence-corrected chi connectivity index (χ0v) is 16.9. The van der Waals surface area contributed by atoms with Gasteiger partial charge in [0.1, 0.15) is 5.69 Å². The smallest absolute Gasteiger partial charge is 0.305 e. The summed E-state index contributed by atoms with van der Waals surface area (Å²) in [6.45, 7) is 4.93. The van der Waals surface area contributed by atoms with Crippen molar-refractivity contribution in [1.82, 2.24) is 14.8 Å². The number of anilines is 1. The second-order valence-electron chi connectivity index (χ2n) is 7.05. The number of nitrogens with two attached hydrogens (primary N) is 1. The van der Waals surface area contributed by atoms with Crippen molar-refractivity contribution in [3.8, 4) is 0 Å². The summed E-state index contributed by atoms with van der Waals surface area (Å²) in [6.07, 6.45) is -1.62. The van der Waals surface area contributed by atoms with Crippen molar-refractivity contribution >= 4 is 21.6 Å². The van der Waals surface area contributed by atoms with E-state index in [0.29, 0.717) is 30.5 Å². The third-order valence-corrected chi connectivity index (χ3v) is 5.85. The number of rotatable bonds is 3. The molecule has 29 heavy (non-hydrogen) atoms. The number of pyridine rings is 1. The van der Waals surface area contributed by atoms with Crippen LogP contribution in [0, 0.1) is 6.92 Å². The van der Waals surface area contributed by atoms with Crippen LogP contribution in [0.2, 0.25) is 0 Å². The van der Waals surface area contributed by atoms with Crippen LogP contribution >= 0.6 is 0 Å². The first-order valence-electron chi connectivity index (χ1n) is 8.90. The SMILES string of the molecule is Cc1c(C(F)(F)F)nc2c(c1NC(=O)N=[S@@](N)(=O)c1ccn(C(C)C)n1)CCC2. The molecule has 0 unspecified atom stereocenters. The van der Waals surface area contributed by atoms with Crippen molar-refractivity contribution in [1.29, 1.82) is 0 Å². The topological polar surface area (TPSA) is 115 Å². The van der Waals surface area contributed by atoms with E-state index in [1.165, 1.54) is 17.7 Å². The lowest BCUT2D eigenvalue weighted by atomic mass is 10.1. The van der Waals surface area contributed by atoms with Crippen LogP contribution in [0.5, 0.6) is 0 Å². The number of fused-ring (bicyclic) bond motifs is 1. The summed E-state index contributed by atoms with van der Waals surface area (Å²) in [6, 6.07) is 0.264. The summed E-state index contributed by atoms with van der Waals surface area (Å²) in [7, 11) is -3.66. The second kappa shape index (κ2) is 7.41. The van der Waals surface area contributed by atoms with Crippen molar-refractivity contribution in [2.24, 2.45) is 9.50 Å². The Morgan fingerprint density at radius 2 is 2.07 bits per heavy atom. The number of nitrogens with one attached hydrogen (secondary N) is 1. The van der Waals surface area contributed by atoms with Gasteiger partial charge in [0, 0.05) is 23.5 Å². The van der Waals surface area contributed by atoms with Crippen molar-refractivity contribution in [2.45, 2.75) is 57.3 Å². The molecular weight excluding hydrogens is 409 g/mol. The van der Waals surface area contributed by atoms with Crippen LogP contribution < -0.4 is 10.5 Å². The Hall–Kier alpha value is -2.47.